The van der Waals surface area contributed by atoms with Crippen LogP contribution >= 0.6 is 0 Å². The first kappa shape index (κ1) is 15.3. The molecule has 0 radical (unpaired) electrons. The summed E-state index contributed by atoms with van der Waals surface area (Å²) in [5.41, 5.74) is 3.73. The number of carbonyl (C=O) groups excluding carboxylic acids is 1. The third-order valence-electron chi connectivity index (χ3n) is 4.18. The third-order valence-corrected chi connectivity index (χ3v) is 4.18. The van der Waals surface area contributed by atoms with Crippen LogP contribution in [0.2, 0.25) is 0 Å². The topological polar surface area (TPSA) is 59.3 Å². The largest absolute Gasteiger partial charge is 0.355 e. The summed E-state index contributed by atoms with van der Waals surface area (Å²) in [7, 11) is 0. The van der Waals surface area contributed by atoms with E-state index in [0.717, 1.165) is 27.8 Å². The van der Waals surface area contributed by atoms with Gasteiger partial charge in [0.2, 0.25) is 5.91 Å². The number of hydrogen-bond donors (Lipinski definition) is 1. The van der Waals surface area contributed by atoms with E-state index in [0.29, 0.717) is 19.4 Å². The molecule has 0 aliphatic heterocycles. The molecule has 0 aliphatic carbocycles. The minimum absolute atomic E-state index is 0.00178. The summed E-state index contributed by atoms with van der Waals surface area (Å²) in [4.78, 5) is 21.2. The van der Waals surface area contributed by atoms with Crippen molar-refractivity contribution < 1.29 is 4.79 Å². The van der Waals surface area contributed by atoms with Crippen molar-refractivity contribution in [3.63, 3.8) is 0 Å². The Kier molecular flexibility index (Phi) is 4.12. The van der Waals surface area contributed by atoms with Gasteiger partial charge in [-0.05, 0) is 23.8 Å². The minimum Gasteiger partial charge on any atom is -0.355 e. The zero-order chi connectivity index (χ0) is 17.1. The third kappa shape index (κ3) is 3.35. The lowest BCUT2D eigenvalue weighted by atomic mass is 10.1. The number of pyridine rings is 2. The molecule has 5 heteroatoms. The second-order valence-corrected chi connectivity index (χ2v) is 5.97. The Morgan fingerprint density at radius 1 is 1.08 bits per heavy atom. The average molecular weight is 330 g/mol. The summed E-state index contributed by atoms with van der Waals surface area (Å²) in [5.74, 6) is 0.00178. The van der Waals surface area contributed by atoms with Gasteiger partial charge in [0, 0.05) is 36.9 Å². The number of aromatic nitrogens is 3. The number of para-hydroxylation sites is 1. The molecule has 0 fully saturated rings. The first-order chi connectivity index (χ1) is 12.3. The Balaban J connectivity index is 1.37. The molecule has 1 amide bonds. The van der Waals surface area contributed by atoms with Crippen LogP contribution in [0.25, 0.3) is 16.6 Å². The number of nitrogens with zero attached hydrogens (tertiary/aromatic N) is 3. The molecule has 0 atom stereocenters. The predicted octanol–water partition coefficient (Wildman–Crippen LogP) is 2.78. The van der Waals surface area contributed by atoms with Crippen molar-refractivity contribution in [2.75, 3.05) is 6.54 Å². The first-order valence-corrected chi connectivity index (χ1v) is 8.31. The number of amides is 1. The van der Waals surface area contributed by atoms with Crippen LogP contribution in [0, 0.1) is 0 Å². The van der Waals surface area contributed by atoms with Gasteiger partial charge in [0.1, 0.15) is 5.65 Å². The Labute approximate surface area is 145 Å². The predicted molar refractivity (Wildman–Crippen MR) is 97.4 cm³/mol. The number of rotatable bonds is 5. The number of imidazole rings is 1. The van der Waals surface area contributed by atoms with E-state index in [4.69, 9.17) is 0 Å². The van der Waals surface area contributed by atoms with Crippen molar-refractivity contribution in [2.45, 2.75) is 12.8 Å². The summed E-state index contributed by atoms with van der Waals surface area (Å²) in [6.07, 6.45) is 6.77. The summed E-state index contributed by atoms with van der Waals surface area (Å²) >= 11 is 0. The lowest BCUT2D eigenvalue weighted by molar-refractivity contribution is -0.120. The van der Waals surface area contributed by atoms with Gasteiger partial charge in [0.25, 0.3) is 0 Å². The Hall–Kier alpha value is -3.21. The standard InChI is InChI=1S/C20H18N4O/c25-19(13-16-6-3-5-15-7-4-10-22-20(15)16)21-11-9-17-14-24-12-2-1-8-18(24)23-17/h1-8,10,12,14H,9,11,13H2,(H,21,25). The molecule has 124 valence electrons. The van der Waals surface area contributed by atoms with Gasteiger partial charge < -0.3 is 9.72 Å². The highest BCUT2D eigenvalue weighted by molar-refractivity contribution is 5.87. The number of fused-ring (bicyclic) bond motifs is 2. The maximum Gasteiger partial charge on any atom is 0.224 e. The Morgan fingerprint density at radius 2 is 2.00 bits per heavy atom. The second-order valence-electron chi connectivity index (χ2n) is 5.97. The molecular weight excluding hydrogens is 312 g/mol. The van der Waals surface area contributed by atoms with E-state index in [9.17, 15) is 4.79 Å². The fourth-order valence-corrected chi connectivity index (χ4v) is 2.98. The smallest absolute Gasteiger partial charge is 0.224 e. The average Bonchev–Trinajstić information content (AvgIpc) is 3.05. The number of benzene rings is 1. The fourth-order valence-electron chi connectivity index (χ4n) is 2.98. The van der Waals surface area contributed by atoms with Crippen LogP contribution in [0.1, 0.15) is 11.3 Å². The van der Waals surface area contributed by atoms with Crippen LogP contribution in [0.5, 0.6) is 0 Å². The van der Waals surface area contributed by atoms with Crippen molar-refractivity contribution in [3.05, 3.63) is 78.4 Å². The molecule has 4 aromatic rings. The van der Waals surface area contributed by atoms with Gasteiger partial charge in [-0.25, -0.2) is 4.98 Å². The van der Waals surface area contributed by atoms with Crippen molar-refractivity contribution in [1.82, 2.24) is 19.7 Å². The molecular formula is C20H18N4O. The number of nitrogens with one attached hydrogen (secondary N) is 1. The molecule has 0 aliphatic rings. The monoisotopic (exact) mass is 330 g/mol. The van der Waals surface area contributed by atoms with E-state index in [2.05, 4.69) is 15.3 Å². The van der Waals surface area contributed by atoms with E-state index in [-0.39, 0.29) is 5.91 Å². The Bertz CT molecular complexity index is 1000. The maximum absolute atomic E-state index is 12.3. The molecule has 1 N–H and O–H groups in total. The fraction of sp³-hybridized carbons (Fsp3) is 0.150. The molecule has 0 saturated carbocycles. The normalized spacial score (nSPS) is 11.0. The van der Waals surface area contributed by atoms with Gasteiger partial charge in [0.15, 0.2) is 0 Å². The SMILES string of the molecule is O=C(Cc1cccc2cccnc12)NCCc1cn2ccccc2n1. The van der Waals surface area contributed by atoms with Crippen LogP contribution in [-0.2, 0) is 17.6 Å². The summed E-state index contributed by atoms with van der Waals surface area (Å²) < 4.78 is 1.99. The molecule has 0 saturated heterocycles. The second kappa shape index (κ2) is 6.73. The highest BCUT2D eigenvalue weighted by Crippen LogP contribution is 2.16. The van der Waals surface area contributed by atoms with Gasteiger partial charge in [-0.3, -0.25) is 9.78 Å². The first-order valence-electron chi connectivity index (χ1n) is 8.31. The van der Waals surface area contributed by atoms with Crippen molar-refractivity contribution in [3.8, 4) is 0 Å². The van der Waals surface area contributed by atoms with Gasteiger partial charge >= 0.3 is 0 Å². The molecule has 25 heavy (non-hydrogen) atoms. The maximum atomic E-state index is 12.3. The summed E-state index contributed by atoms with van der Waals surface area (Å²) in [5, 5.41) is 4.03. The minimum atomic E-state index is 0.00178. The van der Waals surface area contributed by atoms with E-state index in [1.807, 2.05) is 65.3 Å². The molecule has 0 spiro atoms. The van der Waals surface area contributed by atoms with E-state index < -0.39 is 0 Å². The number of carbonyl (C=O) groups is 1. The Morgan fingerprint density at radius 3 is 2.92 bits per heavy atom. The van der Waals surface area contributed by atoms with Crippen LogP contribution in [0.15, 0.2) is 67.1 Å². The number of hydrogen-bond acceptors (Lipinski definition) is 3. The zero-order valence-corrected chi connectivity index (χ0v) is 13.7. The van der Waals surface area contributed by atoms with E-state index >= 15 is 0 Å². The summed E-state index contributed by atoms with van der Waals surface area (Å²) in [6.45, 7) is 0.570. The quantitative estimate of drug-likeness (QED) is 0.612. The van der Waals surface area contributed by atoms with E-state index in [1.54, 1.807) is 6.20 Å². The van der Waals surface area contributed by atoms with Crippen molar-refractivity contribution in [1.29, 1.82) is 0 Å². The highest BCUT2D eigenvalue weighted by atomic mass is 16.1. The van der Waals surface area contributed by atoms with E-state index in [1.165, 1.54) is 0 Å². The molecule has 3 aromatic heterocycles. The summed E-state index contributed by atoms with van der Waals surface area (Å²) in [6, 6.07) is 15.7. The van der Waals surface area contributed by atoms with Gasteiger partial charge in [-0.15, -0.1) is 0 Å². The van der Waals surface area contributed by atoms with Gasteiger partial charge in [-0.2, -0.15) is 0 Å². The van der Waals surface area contributed by atoms with Gasteiger partial charge in [0.05, 0.1) is 17.6 Å². The van der Waals surface area contributed by atoms with Crippen LogP contribution in [0.4, 0.5) is 0 Å². The van der Waals surface area contributed by atoms with Crippen LogP contribution in [-0.4, -0.2) is 26.8 Å². The zero-order valence-electron chi connectivity index (χ0n) is 13.7. The van der Waals surface area contributed by atoms with Crippen molar-refractivity contribution >= 4 is 22.5 Å². The van der Waals surface area contributed by atoms with Crippen LogP contribution in [0.3, 0.4) is 0 Å². The highest BCUT2D eigenvalue weighted by Gasteiger charge is 2.08. The molecule has 0 bridgehead atoms. The lowest BCUT2D eigenvalue weighted by Gasteiger charge is -2.06. The lowest BCUT2D eigenvalue weighted by Crippen LogP contribution is -2.27. The molecule has 3 heterocycles. The molecule has 1 aromatic carbocycles. The van der Waals surface area contributed by atoms with Gasteiger partial charge in [-0.1, -0.05) is 30.3 Å². The molecule has 0 unspecified atom stereocenters. The van der Waals surface area contributed by atoms with Crippen molar-refractivity contribution in [2.24, 2.45) is 0 Å². The molecule has 4 rings (SSSR count). The molecule has 5 nitrogen and oxygen atoms in total. The van der Waals surface area contributed by atoms with Crippen LogP contribution < -0.4 is 5.32 Å².